The van der Waals surface area contributed by atoms with E-state index in [4.69, 9.17) is 39.4 Å². The van der Waals surface area contributed by atoms with Crippen molar-refractivity contribution in [1.29, 1.82) is 0 Å². The van der Waals surface area contributed by atoms with E-state index in [9.17, 15) is 29.4 Å². The molecular formula is C50H78N4O14. The van der Waals surface area contributed by atoms with Crippen LogP contribution in [-0.2, 0) is 19.2 Å². The maximum Gasteiger partial charge on any atom is 0.335 e. The fourth-order valence-electron chi connectivity index (χ4n) is 8.49. The van der Waals surface area contributed by atoms with Crippen molar-refractivity contribution in [3.05, 3.63) is 47.5 Å². The first-order valence-corrected chi connectivity index (χ1v) is 24.8. The number of aliphatic carboxylic acids is 2. The normalized spacial score (nSPS) is 18.0. The number of aliphatic hydroxyl groups excluding tert-OH is 4. The standard InChI is InChI=1S/2C23H36N2O4.C4H6O6/c2*1-2-3-4-5-6-9-22(26)24-19(17-25-12-7-8-13-25)23(27)18-10-11-20-21(16-18)29-15-14-28-20;5-1(3(7)8)2(6)4(9)10/h2*10-11,16,19,23,27H,2-9,12-15,17H2,1H3,(H,24,26);1-2,5-6H,(H,7,8)(H,9,10)/t2*19-,23-;1-,2-/m111/s1. The van der Waals surface area contributed by atoms with Gasteiger partial charge in [-0.3, -0.25) is 9.59 Å². The summed E-state index contributed by atoms with van der Waals surface area (Å²) < 4.78 is 22.5. The Morgan fingerprint density at radius 1 is 0.515 bits per heavy atom. The Labute approximate surface area is 401 Å². The van der Waals surface area contributed by atoms with Crippen LogP contribution in [0.5, 0.6) is 23.0 Å². The van der Waals surface area contributed by atoms with Crippen LogP contribution >= 0.6 is 0 Å². The lowest BCUT2D eigenvalue weighted by Gasteiger charge is -2.29. The topological polar surface area (TPSA) is 257 Å². The van der Waals surface area contributed by atoms with Crippen molar-refractivity contribution < 1.29 is 68.8 Å². The number of ether oxygens (including phenoxy) is 4. The molecule has 0 aliphatic carbocycles. The van der Waals surface area contributed by atoms with Gasteiger partial charge in [0.05, 0.1) is 12.1 Å². The fourth-order valence-corrected chi connectivity index (χ4v) is 8.49. The smallest absolute Gasteiger partial charge is 0.335 e. The molecule has 0 saturated carbocycles. The zero-order valence-electron chi connectivity index (χ0n) is 40.2. The van der Waals surface area contributed by atoms with Crippen molar-refractivity contribution in [2.45, 2.75) is 153 Å². The van der Waals surface area contributed by atoms with Gasteiger partial charge in [0.15, 0.2) is 35.2 Å². The number of rotatable bonds is 25. The van der Waals surface area contributed by atoms with Crippen LogP contribution in [0, 0.1) is 0 Å². The number of carbonyl (C=O) groups excluding carboxylic acids is 2. The molecule has 68 heavy (non-hydrogen) atoms. The highest BCUT2D eigenvalue weighted by Crippen LogP contribution is 2.35. The predicted molar refractivity (Wildman–Crippen MR) is 254 cm³/mol. The van der Waals surface area contributed by atoms with Gasteiger partial charge < -0.3 is 70.0 Å². The number of carboxylic acids is 2. The summed E-state index contributed by atoms with van der Waals surface area (Å²) in [5.74, 6) is -0.738. The van der Waals surface area contributed by atoms with Crippen LogP contribution in [0.3, 0.4) is 0 Å². The van der Waals surface area contributed by atoms with E-state index in [0.717, 1.165) is 63.0 Å². The number of unbranched alkanes of at least 4 members (excludes halogenated alkanes) is 8. The molecule has 2 aromatic rings. The van der Waals surface area contributed by atoms with Crippen LogP contribution in [0.25, 0.3) is 0 Å². The average Bonchev–Trinajstić information content (AvgIpc) is 4.08. The lowest BCUT2D eigenvalue weighted by atomic mass is 10.0. The molecule has 0 bridgehead atoms. The summed E-state index contributed by atoms with van der Waals surface area (Å²) in [6, 6.07) is 10.4. The average molecular weight is 959 g/mol. The molecule has 0 radical (unpaired) electrons. The van der Waals surface area contributed by atoms with E-state index in [1.165, 1.54) is 64.2 Å². The Hall–Kier alpha value is -4.72. The minimum Gasteiger partial charge on any atom is -0.486 e. The Balaban J connectivity index is 0.000000248. The third-order valence-electron chi connectivity index (χ3n) is 12.4. The molecule has 2 amide bonds. The summed E-state index contributed by atoms with van der Waals surface area (Å²) >= 11 is 0. The summed E-state index contributed by atoms with van der Waals surface area (Å²) in [5, 5.41) is 60.9. The first-order valence-electron chi connectivity index (χ1n) is 24.8. The molecule has 2 fully saturated rings. The Morgan fingerprint density at radius 3 is 1.19 bits per heavy atom. The molecule has 18 heteroatoms. The zero-order chi connectivity index (χ0) is 49.3. The van der Waals surface area contributed by atoms with Gasteiger partial charge in [-0.15, -0.1) is 0 Å². The van der Waals surface area contributed by atoms with Gasteiger partial charge in [-0.25, -0.2) is 9.59 Å². The van der Waals surface area contributed by atoms with Crippen molar-refractivity contribution in [2.24, 2.45) is 0 Å². The van der Waals surface area contributed by atoms with Crippen LogP contribution in [0.4, 0.5) is 0 Å². The highest BCUT2D eigenvalue weighted by Gasteiger charge is 2.31. The third kappa shape index (κ3) is 19.3. The lowest BCUT2D eigenvalue weighted by Crippen LogP contribution is -2.46. The quantitative estimate of drug-likeness (QED) is 0.0626. The molecule has 0 unspecified atom stereocenters. The number of likely N-dealkylation sites (tertiary alicyclic amines) is 2. The van der Waals surface area contributed by atoms with Gasteiger partial charge in [0, 0.05) is 25.9 Å². The van der Waals surface area contributed by atoms with Crippen LogP contribution in [0.1, 0.15) is 140 Å². The first-order chi connectivity index (χ1) is 32.8. The van der Waals surface area contributed by atoms with Gasteiger partial charge in [-0.2, -0.15) is 0 Å². The number of hydrogen-bond donors (Lipinski definition) is 8. The summed E-state index contributed by atoms with van der Waals surface area (Å²) in [4.78, 5) is 49.3. The van der Waals surface area contributed by atoms with Gasteiger partial charge in [-0.1, -0.05) is 77.3 Å². The van der Waals surface area contributed by atoms with E-state index in [1.54, 1.807) is 0 Å². The lowest BCUT2D eigenvalue weighted by molar-refractivity contribution is -0.165. The van der Waals surface area contributed by atoms with Crippen LogP contribution in [0.15, 0.2) is 36.4 Å². The molecule has 2 aromatic carbocycles. The van der Waals surface area contributed by atoms with E-state index < -0.39 is 36.4 Å². The van der Waals surface area contributed by atoms with Crippen molar-refractivity contribution in [3.63, 3.8) is 0 Å². The number of carboxylic acid groups (broad SMARTS) is 2. The summed E-state index contributed by atoms with van der Waals surface area (Å²) in [6.45, 7) is 11.9. The monoisotopic (exact) mass is 959 g/mol. The van der Waals surface area contributed by atoms with Crippen molar-refractivity contribution in [1.82, 2.24) is 20.4 Å². The van der Waals surface area contributed by atoms with E-state index >= 15 is 0 Å². The molecular weight excluding hydrogens is 881 g/mol. The maximum atomic E-state index is 12.5. The number of nitrogens with one attached hydrogen (secondary N) is 2. The second-order valence-electron chi connectivity index (χ2n) is 18.0. The largest absolute Gasteiger partial charge is 0.486 e. The molecule has 6 rings (SSSR count). The SMILES string of the molecule is CCCCCCCC(=O)N[C@H](CN1CCCC1)[C@H](O)c1ccc2c(c1)OCCO2.CCCCCCCC(=O)N[C@H](CN1CCCC1)[C@H](O)c1ccc2c(c1)OCCO2.O=C(O)[C@H](O)[C@@H](O)C(=O)O. The van der Waals surface area contributed by atoms with Gasteiger partial charge >= 0.3 is 11.9 Å². The second-order valence-corrected chi connectivity index (χ2v) is 18.0. The van der Waals surface area contributed by atoms with Crippen molar-refractivity contribution >= 4 is 23.8 Å². The van der Waals surface area contributed by atoms with E-state index in [2.05, 4.69) is 34.3 Å². The van der Waals surface area contributed by atoms with Gasteiger partial charge in [0.2, 0.25) is 11.8 Å². The number of carbonyl (C=O) groups is 4. The number of hydrogen-bond acceptors (Lipinski definition) is 14. The van der Waals surface area contributed by atoms with E-state index in [1.807, 2.05) is 36.4 Å². The van der Waals surface area contributed by atoms with Crippen LogP contribution in [0.2, 0.25) is 0 Å². The molecule has 8 N–H and O–H groups in total. The number of benzene rings is 2. The highest BCUT2D eigenvalue weighted by molar-refractivity contribution is 5.83. The highest BCUT2D eigenvalue weighted by atomic mass is 16.6. The maximum absolute atomic E-state index is 12.5. The Bertz CT molecular complexity index is 1690. The molecule has 4 heterocycles. The van der Waals surface area contributed by atoms with Crippen LogP contribution in [-0.4, -0.2) is 154 Å². The second kappa shape index (κ2) is 30.7. The van der Waals surface area contributed by atoms with Crippen molar-refractivity contribution in [3.8, 4) is 23.0 Å². The number of aliphatic hydroxyl groups is 4. The molecule has 4 aliphatic heterocycles. The summed E-state index contributed by atoms with van der Waals surface area (Å²) in [6.07, 6.45) is 10.9. The summed E-state index contributed by atoms with van der Waals surface area (Å²) in [5.41, 5.74) is 1.50. The molecule has 0 spiro atoms. The Kier molecular flexibility index (Phi) is 25.2. The van der Waals surface area contributed by atoms with Crippen molar-refractivity contribution in [2.75, 3.05) is 65.7 Å². The number of fused-ring (bicyclic) bond motifs is 2. The van der Waals surface area contributed by atoms with E-state index in [0.29, 0.717) is 75.4 Å². The third-order valence-corrected chi connectivity index (χ3v) is 12.4. The zero-order valence-corrected chi connectivity index (χ0v) is 40.2. The van der Waals surface area contributed by atoms with Crippen LogP contribution < -0.4 is 29.6 Å². The first kappa shape index (κ1) is 55.9. The fraction of sp³-hybridized carbons (Fsp3) is 0.680. The molecule has 4 aliphatic rings. The molecule has 18 nitrogen and oxygen atoms in total. The minimum atomic E-state index is -2.27. The van der Waals surface area contributed by atoms with Gasteiger partial charge in [0.25, 0.3) is 0 Å². The predicted octanol–water partition coefficient (Wildman–Crippen LogP) is 4.74. The molecule has 0 aromatic heterocycles. The number of amides is 2. The molecule has 6 atom stereocenters. The minimum absolute atomic E-state index is 0.0299. The summed E-state index contributed by atoms with van der Waals surface area (Å²) in [7, 11) is 0. The van der Waals surface area contributed by atoms with Gasteiger partial charge in [0.1, 0.15) is 38.6 Å². The van der Waals surface area contributed by atoms with E-state index in [-0.39, 0.29) is 23.9 Å². The molecule has 2 saturated heterocycles. The van der Waals surface area contributed by atoms with Gasteiger partial charge in [-0.05, 0) is 100 Å². The number of nitrogens with zero attached hydrogens (tertiary/aromatic N) is 2. The Morgan fingerprint density at radius 2 is 0.853 bits per heavy atom. The molecule has 382 valence electrons.